The number of ether oxygens (including phenoxy) is 1. The number of imidazole rings is 1. The van der Waals surface area contributed by atoms with E-state index < -0.39 is 0 Å². The number of hydrogen-bond donors (Lipinski definition) is 1. The van der Waals surface area contributed by atoms with E-state index in [1.165, 1.54) is 0 Å². The average Bonchev–Trinajstić information content (AvgIpc) is 3.26. The Bertz CT molecular complexity index is 697. The molecule has 1 saturated heterocycles. The van der Waals surface area contributed by atoms with Crippen LogP contribution in [0.15, 0.2) is 35.5 Å². The van der Waals surface area contributed by atoms with Crippen molar-refractivity contribution >= 4 is 5.91 Å². The molecule has 0 aliphatic carbocycles. The minimum absolute atomic E-state index is 0.0261. The van der Waals surface area contributed by atoms with Gasteiger partial charge in [-0.05, 0) is 11.5 Å². The van der Waals surface area contributed by atoms with Gasteiger partial charge >= 0.3 is 0 Å². The van der Waals surface area contributed by atoms with Crippen LogP contribution in [0.5, 0.6) is 0 Å². The summed E-state index contributed by atoms with van der Waals surface area (Å²) in [4.78, 5) is 19.0. The standard InChI is InChI=1S/C19H28N4O3/c1-19(2,3)17(12-23-5-4-20-14-23)21-18(24)15-10-16(26-13-15)11-22-6-8-25-9-7-22/h4-5,10,13-14,17H,6-9,11-12H2,1-3H3,(H,21,24)/t17-/m0/s1. The summed E-state index contributed by atoms with van der Waals surface area (Å²) in [5.74, 6) is 0.695. The highest BCUT2D eigenvalue weighted by atomic mass is 16.5. The van der Waals surface area contributed by atoms with Crippen LogP contribution in [0.3, 0.4) is 0 Å². The number of carbonyl (C=O) groups excluding carboxylic acids is 1. The molecule has 3 heterocycles. The second-order valence-corrected chi connectivity index (χ2v) is 7.84. The number of rotatable bonds is 6. The van der Waals surface area contributed by atoms with Crippen molar-refractivity contribution < 1.29 is 13.9 Å². The van der Waals surface area contributed by atoms with Gasteiger partial charge in [0.05, 0.1) is 37.7 Å². The number of nitrogens with one attached hydrogen (secondary N) is 1. The molecule has 142 valence electrons. The first-order chi connectivity index (χ1) is 12.4. The Labute approximate surface area is 154 Å². The van der Waals surface area contributed by atoms with Crippen molar-refractivity contribution in [3.05, 3.63) is 42.4 Å². The molecule has 2 aromatic heterocycles. The van der Waals surface area contributed by atoms with Crippen LogP contribution in [0.2, 0.25) is 0 Å². The molecule has 1 fully saturated rings. The van der Waals surface area contributed by atoms with Crippen LogP contribution in [0.25, 0.3) is 0 Å². The van der Waals surface area contributed by atoms with Crippen LogP contribution >= 0.6 is 0 Å². The molecule has 1 N–H and O–H groups in total. The number of furan rings is 1. The maximum absolute atomic E-state index is 12.7. The molecule has 0 spiro atoms. The molecule has 1 aliphatic rings. The average molecular weight is 360 g/mol. The van der Waals surface area contributed by atoms with Gasteiger partial charge in [0.2, 0.25) is 0 Å². The number of amides is 1. The summed E-state index contributed by atoms with van der Waals surface area (Å²) >= 11 is 0. The van der Waals surface area contributed by atoms with Crippen molar-refractivity contribution in [1.82, 2.24) is 19.8 Å². The maximum atomic E-state index is 12.7. The van der Waals surface area contributed by atoms with Gasteiger partial charge in [-0.3, -0.25) is 9.69 Å². The van der Waals surface area contributed by atoms with Crippen molar-refractivity contribution in [2.45, 2.75) is 39.9 Å². The molecule has 0 aromatic carbocycles. The summed E-state index contributed by atoms with van der Waals surface area (Å²) in [5, 5.41) is 3.15. The number of carbonyl (C=O) groups is 1. The van der Waals surface area contributed by atoms with Crippen molar-refractivity contribution in [2.75, 3.05) is 26.3 Å². The molecule has 1 atom stereocenters. The van der Waals surface area contributed by atoms with Crippen LogP contribution in [0.4, 0.5) is 0 Å². The summed E-state index contributed by atoms with van der Waals surface area (Å²) in [6, 6.07) is 1.81. The lowest BCUT2D eigenvalue weighted by Gasteiger charge is -2.31. The summed E-state index contributed by atoms with van der Waals surface area (Å²) in [6.45, 7) is 11.0. The summed E-state index contributed by atoms with van der Waals surface area (Å²) < 4.78 is 12.9. The molecule has 7 nitrogen and oxygen atoms in total. The third kappa shape index (κ3) is 4.95. The van der Waals surface area contributed by atoms with Gasteiger partial charge in [-0.1, -0.05) is 20.8 Å². The van der Waals surface area contributed by atoms with Crippen LogP contribution in [0.1, 0.15) is 36.9 Å². The normalized spacial score (nSPS) is 17.2. The van der Waals surface area contributed by atoms with E-state index in [9.17, 15) is 4.79 Å². The fourth-order valence-corrected chi connectivity index (χ4v) is 2.95. The maximum Gasteiger partial charge on any atom is 0.254 e. The van der Waals surface area contributed by atoms with Crippen LogP contribution in [-0.4, -0.2) is 52.7 Å². The molecule has 2 aromatic rings. The Morgan fingerprint density at radius 2 is 2.12 bits per heavy atom. The fourth-order valence-electron chi connectivity index (χ4n) is 2.95. The van der Waals surface area contributed by atoms with E-state index in [2.05, 4.69) is 36.0 Å². The Balaban J connectivity index is 1.62. The molecule has 26 heavy (non-hydrogen) atoms. The fraction of sp³-hybridized carbons (Fsp3) is 0.579. The predicted octanol–water partition coefficient (Wildman–Crippen LogP) is 2.15. The first kappa shape index (κ1) is 18.7. The van der Waals surface area contributed by atoms with Crippen LogP contribution in [-0.2, 0) is 17.8 Å². The number of hydrogen-bond acceptors (Lipinski definition) is 5. The first-order valence-electron chi connectivity index (χ1n) is 9.06. The van der Waals surface area contributed by atoms with E-state index in [4.69, 9.17) is 9.15 Å². The van der Waals surface area contributed by atoms with E-state index in [1.54, 1.807) is 18.8 Å². The Morgan fingerprint density at radius 3 is 2.77 bits per heavy atom. The van der Waals surface area contributed by atoms with Gasteiger partial charge in [0.15, 0.2) is 0 Å². The molecule has 7 heteroatoms. The lowest BCUT2D eigenvalue weighted by molar-refractivity contribution is 0.0313. The lowest BCUT2D eigenvalue weighted by atomic mass is 9.86. The molecule has 3 rings (SSSR count). The van der Waals surface area contributed by atoms with E-state index in [1.807, 2.05) is 16.8 Å². The van der Waals surface area contributed by atoms with Crippen LogP contribution < -0.4 is 5.32 Å². The minimum atomic E-state index is -0.109. The topological polar surface area (TPSA) is 72.5 Å². The van der Waals surface area contributed by atoms with Gasteiger partial charge < -0.3 is 19.0 Å². The van der Waals surface area contributed by atoms with Gasteiger partial charge in [0.25, 0.3) is 5.91 Å². The highest BCUT2D eigenvalue weighted by Gasteiger charge is 2.27. The summed E-state index contributed by atoms with van der Waals surface area (Å²) in [7, 11) is 0. The van der Waals surface area contributed by atoms with Crippen molar-refractivity contribution in [3.63, 3.8) is 0 Å². The smallest absolute Gasteiger partial charge is 0.254 e. The zero-order valence-electron chi connectivity index (χ0n) is 15.8. The van der Waals surface area contributed by atoms with Gasteiger partial charge in [-0.15, -0.1) is 0 Å². The SMILES string of the molecule is CC(C)(C)[C@H](Cn1ccnc1)NC(=O)c1coc(CN2CCOCC2)c1. The third-order valence-electron chi connectivity index (χ3n) is 4.70. The van der Waals surface area contributed by atoms with Gasteiger partial charge in [0, 0.05) is 32.0 Å². The van der Waals surface area contributed by atoms with E-state index in [-0.39, 0.29) is 17.4 Å². The molecule has 0 unspecified atom stereocenters. The Kier molecular flexibility index (Phi) is 5.78. The minimum Gasteiger partial charge on any atom is -0.467 e. The molecular formula is C19H28N4O3. The number of aromatic nitrogens is 2. The largest absolute Gasteiger partial charge is 0.467 e. The molecular weight excluding hydrogens is 332 g/mol. The molecule has 1 aliphatic heterocycles. The van der Waals surface area contributed by atoms with Gasteiger partial charge in [-0.2, -0.15) is 0 Å². The van der Waals surface area contributed by atoms with Crippen molar-refractivity contribution in [3.8, 4) is 0 Å². The summed E-state index contributed by atoms with van der Waals surface area (Å²) in [6.07, 6.45) is 6.96. The monoisotopic (exact) mass is 360 g/mol. The molecule has 0 radical (unpaired) electrons. The predicted molar refractivity (Wildman–Crippen MR) is 97.7 cm³/mol. The lowest BCUT2D eigenvalue weighted by Crippen LogP contribution is -2.46. The van der Waals surface area contributed by atoms with Crippen molar-refractivity contribution in [2.24, 2.45) is 5.41 Å². The molecule has 0 saturated carbocycles. The summed E-state index contributed by atoms with van der Waals surface area (Å²) in [5.41, 5.74) is 0.480. The Morgan fingerprint density at radius 1 is 1.35 bits per heavy atom. The van der Waals surface area contributed by atoms with E-state index in [0.29, 0.717) is 18.7 Å². The number of nitrogens with zero attached hydrogens (tertiary/aromatic N) is 3. The van der Waals surface area contributed by atoms with Crippen molar-refractivity contribution in [1.29, 1.82) is 0 Å². The highest BCUT2D eigenvalue weighted by Crippen LogP contribution is 2.22. The van der Waals surface area contributed by atoms with Gasteiger partial charge in [0.1, 0.15) is 12.0 Å². The molecule has 0 bridgehead atoms. The Hall–Kier alpha value is -2.12. The second kappa shape index (κ2) is 8.05. The third-order valence-corrected chi connectivity index (χ3v) is 4.70. The quantitative estimate of drug-likeness (QED) is 0.855. The number of morpholine rings is 1. The zero-order valence-corrected chi connectivity index (χ0v) is 15.8. The zero-order chi connectivity index (χ0) is 18.6. The van der Waals surface area contributed by atoms with Gasteiger partial charge in [-0.25, -0.2) is 4.98 Å². The van der Waals surface area contributed by atoms with E-state index >= 15 is 0 Å². The second-order valence-electron chi connectivity index (χ2n) is 7.84. The molecule has 1 amide bonds. The highest BCUT2D eigenvalue weighted by molar-refractivity contribution is 5.94. The van der Waals surface area contributed by atoms with E-state index in [0.717, 1.165) is 32.1 Å². The van der Waals surface area contributed by atoms with Crippen LogP contribution in [0, 0.1) is 5.41 Å². The first-order valence-corrected chi connectivity index (χ1v) is 9.06.